The average Bonchev–Trinajstić information content (AvgIpc) is 2.57. The summed E-state index contributed by atoms with van der Waals surface area (Å²) in [6, 6.07) is 0.170. The van der Waals surface area contributed by atoms with Crippen LogP contribution in [0.25, 0.3) is 0 Å². The summed E-state index contributed by atoms with van der Waals surface area (Å²) in [7, 11) is 0. The summed E-state index contributed by atoms with van der Waals surface area (Å²) in [5.74, 6) is -0.116. The van der Waals surface area contributed by atoms with Crippen LogP contribution in [0.5, 0.6) is 0 Å². The molecule has 0 aromatic carbocycles. The Labute approximate surface area is 97.5 Å². The van der Waals surface area contributed by atoms with Gasteiger partial charge < -0.3 is 15.2 Å². The van der Waals surface area contributed by atoms with Crippen molar-refractivity contribution in [2.75, 3.05) is 13.2 Å². The van der Waals surface area contributed by atoms with Gasteiger partial charge in [-0.3, -0.25) is 4.79 Å². The van der Waals surface area contributed by atoms with Crippen molar-refractivity contribution in [2.24, 2.45) is 11.7 Å². The minimum Gasteiger partial charge on any atom is -0.463 e. The van der Waals surface area contributed by atoms with E-state index in [-0.39, 0.29) is 23.5 Å². The Morgan fingerprint density at radius 2 is 2.00 bits per heavy atom. The monoisotopic (exact) mass is 229 g/mol. The highest BCUT2D eigenvalue weighted by molar-refractivity contribution is 5.72. The summed E-state index contributed by atoms with van der Waals surface area (Å²) in [6.45, 7) is 6.72. The third-order valence-corrected chi connectivity index (χ3v) is 2.67. The normalized spacial score (nSPS) is 25.8. The van der Waals surface area contributed by atoms with E-state index in [0.29, 0.717) is 13.2 Å². The number of rotatable bonds is 4. The van der Waals surface area contributed by atoms with Gasteiger partial charge in [-0.1, -0.05) is 0 Å². The van der Waals surface area contributed by atoms with Crippen LogP contribution in [-0.4, -0.2) is 30.8 Å². The molecule has 4 heteroatoms. The van der Waals surface area contributed by atoms with E-state index >= 15 is 0 Å². The molecule has 1 fully saturated rings. The molecule has 2 atom stereocenters. The summed E-state index contributed by atoms with van der Waals surface area (Å²) in [5.41, 5.74) is 5.56. The first-order valence-corrected chi connectivity index (χ1v) is 5.94. The van der Waals surface area contributed by atoms with E-state index in [0.717, 1.165) is 19.3 Å². The van der Waals surface area contributed by atoms with E-state index in [1.165, 1.54) is 0 Å². The van der Waals surface area contributed by atoms with Crippen molar-refractivity contribution in [1.82, 2.24) is 0 Å². The zero-order chi connectivity index (χ0) is 12.2. The maximum Gasteiger partial charge on any atom is 0.309 e. The fraction of sp³-hybridized carbons (Fsp3) is 0.917. The van der Waals surface area contributed by atoms with Gasteiger partial charge in [-0.2, -0.15) is 0 Å². The quantitative estimate of drug-likeness (QED) is 0.586. The third kappa shape index (κ3) is 4.94. The van der Waals surface area contributed by atoms with Gasteiger partial charge in [0, 0.05) is 6.04 Å². The van der Waals surface area contributed by atoms with Gasteiger partial charge >= 0.3 is 5.97 Å². The number of hydrogen-bond acceptors (Lipinski definition) is 4. The Kier molecular flexibility index (Phi) is 4.74. The molecule has 1 rings (SSSR count). The van der Waals surface area contributed by atoms with Gasteiger partial charge in [0.15, 0.2) is 0 Å². The second-order valence-corrected chi connectivity index (χ2v) is 5.40. The molecule has 1 aliphatic rings. The van der Waals surface area contributed by atoms with Crippen molar-refractivity contribution in [1.29, 1.82) is 0 Å². The first-order chi connectivity index (χ1) is 7.38. The minimum atomic E-state index is -0.178. The van der Waals surface area contributed by atoms with E-state index in [2.05, 4.69) is 0 Å². The van der Waals surface area contributed by atoms with Crippen LogP contribution in [0.3, 0.4) is 0 Å². The van der Waals surface area contributed by atoms with Crippen LogP contribution < -0.4 is 5.73 Å². The Balaban J connectivity index is 2.11. The lowest BCUT2D eigenvalue weighted by Gasteiger charge is -2.19. The van der Waals surface area contributed by atoms with Crippen LogP contribution in [0.15, 0.2) is 0 Å². The number of ether oxygens (including phenoxy) is 2. The molecule has 94 valence electrons. The van der Waals surface area contributed by atoms with E-state index in [4.69, 9.17) is 15.2 Å². The number of nitrogens with two attached hydrogens (primary N) is 1. The Morgan fingerprint density at radius 1 is 1.31 bits per heavy atom. The molecule has 0 aromatic heterocycles. The predicted molar refractivity (Wildman–Crippen MR) is 62.0 cm³/mol. The summed E-state index contributed by atoms with van der Waals surface area (Å²) < 4.78 is 10.6. The molecule has 0 aromatic rings. The summed E-state index contributed by atoms with van der Waals surface area (Å²) >= 11 is 0. The van der Waals surface area contributed by atoms with Gasteiger partial charge in [0.2, 0.25) is 0 Å². The van der Waals surface area contributed by atoms with Crippen molar-refractivity contribution in [3.05, 3.63) is 0 Å². The highest BCUT2D eigenvalue weighted by Gasteiger charge is 2.28. The Bertz CT molecular complexity index is 235. The van der Waals surface area contributed by atoms with Crippen molar-refractivity contribution in [3.8, 4) is 0 Å². The Morgan fingerprint density at radius 3 is 2.50 bits per heavy atom. The van der Waals surface area contributed by atoms with Crippen molar-refractivity contribution >= 4 is 5.97 Å². The molecule has 0 amide bonds. The predicted octanol–water partition coefficient (Wildman–Crippen LogP) is 1.47. The first kappa shape index (κ1) is 13.5. The molecule has 1 aliphatic carbocycles. The molecule has 0 aliphatic heterocycles. The van der Waals surface area contributed by atoms with Gasteiger partial charge in [0.05, 0.1) is 18.1 Å². The van der Waals surface area contributed by atoms with Gasteiger partial charge in [-0.15, -0.1) is 0 Å². The molecule has 0 radical (unpaired) electrons. The van der Waals surface area contributed by atoms with E-state index in [1.54, 1.807) is 0 Å². The summed E-state index contributed by atoms with van der Waals surface area (Å²) in [6.07, 6.45) is 2.55. The topological polar surface area (TPSA) is 61.5 Å². The molecule has 4 nitrogen and oxygen atoms in total. The lowest BCUT2D eigenvalue weighted by molar-refractivity contribution is -0.151. The molecule has 1 saturated carbocycles. The maximum absolute atomic E-state index is 11.6. The van der Waals surface area contributed by atoms with Gasteiger partial charge in [-0.25, -0.2) is 0 Å². The molecule has 0 spiro atoms. The van der Waals surface area contributed by atoms with Crippen LogP contribution in [0.4, 0.5) is 0 Å². The van der Waals surface area contributed by atoms with Gasteiger partial charge in [-0.05, 0) is 40.0 Å². The van der Waals surface area contributed by atoms with E-state index in [9.17, 15) is 4.79 Å². The lowest BCUT2D eigenvalue weighted by Crippen LogP contribution is -2.24. The minimum absolute atomic E-state index is 0.00429. The third-order valence-electron chi connectivity index (χ3n) is 2.67. The zero-order valence-electron chi connectivity index (χ0n) is 10.5. The number of hydrogen-bond donors (Lipinski definition) is 1. The SMILES string of the molecule is CC(C)(C)OCCOC(=O)C1CCC(N)C1. The van der Waals surface area contributed by atoms with E-state index in [1.807, 2.05) is 20.8 Å². The molecule has 2 unspecified atom stereocenters. The average molecular weight is 229 g/mol. The molecule has 0 heterocycles. The van der Waals surface area contributed by atoms with Crippen LogP contribution in [-0.2, 0) is 14.3 Å². The zero-order valence-corrected chi connectivity index (χ0v) is 10.5. The highest BCUT2D eigenvalue weighted by atomic mass is 16.6. The first-order valence-electron chi connectivity index (χ1n) is 5.94. The summed E-state index contributed by atoms with van der Waals surface area (Å²) in [5, 5.41) is 0. The molecular formula is C12H23NO3. The second kappa shape index (κ2) is 5.64. The van der Waals surface area contributed by atoms with Crippen molar-refractivity contribution in [2.45, 2.75) is 51.7 Å². The molecule has 0 saturated heterocycles. The second-order valence-electron chi connectivity index (χ2n) is 5.40. The number of carbonyl (C=O) groups excluding carboxylic acids is 1. The van der Waals surface area contributed by atoms with Crippen molar-refractivity contribution < 1.29 is 14.3 Å². The van der Waals surface area contributed by atoms with Gasteiger partial charge in [0.25, 0.3) is 0 Å². The number of carbonyl (C=O) groups is 1. The fourth-order valence-electron chi connectivity index (χ4n) is 1.84. The molecular weight excluding hydrogens is 206 g/mol. The Hall–Kier alpha value is -0.610. The largest absolute Gasteiger partial charge is 0.463 e. The smallest absolute Gasteiger partial charge is 0.309 e. The molecule has 2 N–H and O–H groups in total. The van der Waals surface area contributed by atoms with Crippen LogP contribution in [0.2, 0.25) is 0 Å². The van der Waals surface area contributed by atoms with Crippen molar-refractivity contribution in [3.63, 3.8) is 0 Å². The van der Waals surface area contributed by atoms with Crippen LogP contribution >= 0.6 is 0 Å². The lowest BCUT2D eigenvalue weighted by atomic mass is 10.1. The highest BCUT2D eigenvalue weighted by Crippen LogP contribution is 2.25. The molecule has 0 bridgehead atoms. The van der Waals surface area contributed by atoms with Crippen LogP contribution in [0.1, 0.15) is 40.0 Å². The number of esters is 1. The fourth-order valence-corrected chi connectivity index (χ4v) is 1.84. The van der Waals surface area contributed by atoms with Crippen LogP contribution in [0, 0.1) is 5.92 Å². The van der Waals surface area contributed by atoms with E-state index < -0.39 is 0 Å². The summed E-state index contributed by atoms with van der Waals surface area (Å²) in [4.78, 5) is 11.6. The standard InChI is InChI=1S/C12H23NO3/c1-12(2,3)16-7-6-15-11(14)9-4-5-10(13)8-9/h9-10H,4-8,13H2,1-3H3. The van der Waals surface area contributed by atoms with Gasteiger partial charge in [0.1, 0.15) is 6.61 Å². The maximum atomic E-state index is 11.6. The molecule has 16 heavy (non-hydrogen) atoms.